The van der Waals surface area contributed by atoms with Crippen LogP contribution in [-0.4, -0.2) is 29.2 Å². The summed E-state index contributed by atoms with van der Waals surface area (Å²) in [6.45, 7) is 3.08. The molecule has 1 aromatic carbocycles. The highest BCUT2D eigenvalue weighted by molar-refractivity contribution is 9.10. The van der Waals surface area contributed by atoms with E-state index in [9.17, 15) is 15.2 Å². The van der Waals surface area contributed by atoms with E-state index in [4.69, 9.17) is 0 Å². The summed E-state index contributed by atoms with van der Waals surface area (Å²) in [4.78, 5) is 12.4. The van der Waals surface area contributed by atoms with Crippen LogP contribution >= 0.6 is 15.9 Å². The molecule has 1 N–H and O–H groups in total. The van der Waals surface area contributed by atoms with Gasteiger partial charge in [-0.15, -0.1) is 0 Å². The molecule has 1 heterocycles. The summed E-state index contributed by atoms with van der Waals surface area (Å²) in [5, 5.41) is 20.3. The van der Waals surface area contributed by atoms with Gasteiger partial charge in [-0.2, -0.15) is 0 Å². The van der Waals surface area contributed by atoms with E-state index < -0.39 is 0 Å². The first-order valence-electron chi connectivity index (χ1n) is 5.36. The number of anilines is 1. The van der Waals surface area contributed by atoms with E-state index in [0.29, 0.717) is 16.6 Å². The van der Waals surface area contributed by atoms with Gasteiger partial charge < -0.3 is 10.0 Å². The number of nitrogens with zero attached hydrogens (tertiary/aromatic N) is 2. The predicted molar refractivity (Wildman–Crippen MR) is 68.4 cm³/mol. The van der Waals surface area contributed by atoms with Gasteiger partial charge in [-0.05, 0) is 35.3 Å². The van der Waals surface area contributed by atoms with Crippen LogP contribution in [0.2, 0.25) is 0 Å². The summed E-state index contributed by atoms with van der Waals surface area (Å²) in [5.41, 5.74) is 1.65. The Morgan fingerprint density at radius 2 is 2.29 bits per heavy atom. The molecule has 0 amide bonds. The minimum atomic E-state index is -0.386. The summed E-state index contributed by atoms with van der Waals surface area (Å²) < 4.78 is 0.698. The first-order valence-corrected chi connectivity index (χ1v) is 6.16. The van der Waals surface area contributed by atoms with Gasteiger partial charge in [0, 0.05) is 29.2 Å². The molecule has 1 atom stereocenters. The zero-order valence-electron chi connectivity index (χ0n) is 9.39. The Morgan fingerprint density at radius 1 is 1.59 bits per heavy atom. The number of halogens is 1. The molecule has 0 saturated carbocycles. The van der Waals surface area contributed by atoms with Gasteiger partial charge in [0.1, 0.15) is 0 Å². The van der Waals surface area contributed by atoms with Crippen LogP contribution in [0.5, 0.6) is 0 Å². The lowest BCUT2D eigenvalue weighted by Crippen LogP contribution is -2.21. The molecule has 5 nitrogen and oxygen atoms in total. The SMILES string of the molecule is Cc1cc(N2CCC(O)C2)c(Br)cc1[N+](=O)[O-]. The molecule has 6 heteroatoms. The Kier molecular flexibility index (Phi) is 3.35. The average Bonchev–Trinajstić information content (AvgIpc) is 2.67. The Labute approximate surface area is 107 Å². The minimum Gasteiger partial charge on any atom is -0.391 e. The van der Waals surface area contributed by atoms with Crippen LogP contribution in [0, 0.1) is 17.0 Å². The van der Waals surface area contributed by atoms with Crippen LogP contribution in [0.4, 0.5) is 11.4 Å². The van der Waals surface area contributed by atoms with E-state index in [0.717, 1.165) is 18.7 Å². The lowest BCUT2D eigenvalue weighted by molar-refractivity contribution is -0.385. The Hall–Kier alpha value is -1.14. The number of aliphatic hydroxyl groups excluding tert-OH is 1. The topological polar surface area (TPSA) is 66.6 Å². The van der Waals surface area contributed by atoms with Crippen LogP contribution < -0.4 is 4.90 Å². The smallest absolute Gasteiger partial charge is 0.273 e. The molecule has 1 saturated heterocycles. The number of aryl methyl sites for hydroxylation is 1. The number of nitro benzene ring substituents is 1. The molecule has 1 aromatic rings. The summed E-state index contributed by atoms with van der Waals surface area (Å²) in [7, 11) is 0. The van der Waals surface area contributed by atoms with Crippen LogP contribution in [-0.2, 0) is 0 Å². The van der Waals surface area contributed by atoms with Crippen molar-refractivity contribution in [2.75, 3.05) is 18.0 Å². The quantitative estimate of drug-likeness (QED) is 0.672. The Balaban J connectivity index is 2.36. The maximum absolute atomic E-state index is 10.8. The van der Waals surface area contributed by atoms with Gasteiger partial charge >= 0.3 is 0 Å². The van der Waals surface area contributed by atoms with Gasteiger partial charge in [-0.25, -0.2) is 0 Å². The van der Waals surface area contributed by atoms with Gasteiger partial charge in [0.2, 0.25) is 0 Å². The van der Waals surface area contributed by atoms with Crippen molar-refractivity contribution in [1.29, 1.82) is 0 Å². The molecule has 1 aliphatic rings. The lowest BCUT2D eigenvalue weighted by atomic mass is 10.1. The molecule has 0 aromatic heterocycles. The third-order valence-electron chi connectivity index (χ3n) is 2.97. The molecule has 1 aliphatic heterocycles. The fourth-order valence-corrected chi connectivity index (χ4v) is 2.64. The normalized spacial score (nSPS) is 19.7. The molecule has 0 spiro atoms. The molecule has 0 radical (unpaired) electrons. The van der Waals surface area contributed by atoms with E-state index in [-0.39, 0.29) is 16.7 Å². The molecule has 2 rings (SSSR count). The van der Waals surface area contributed by atoms with Crippen molar-refractivity contribution in [3.05, 3.63) is 32.3 Å². The average molecular weight is 301 g/mol. The zero-order valence-corrected chi connectivity index (χ0v) is 11.0. The highest BCUT2D eigenvalue weighted by Crippen LogP contribution is 2.34. The standard InChI is InChI=1S/C11H13BrN2O3/c1-7-4-11(13-3-2-8(15)6-13)9(12)5-10(7)14(16)17/h4-5,8,15H,2-3,6H2,1H3. The third-order valence-corrected chi connectivity index (χ3v) is 3.60. The maximum Gasteiger partial charge on any atom is 0.273 e. The van der Waals surface area contributed by atoms with Gasteiger partial charge in [-0.3, -0.25) is 10.1 Å². The minimum absolute atomic E-state index is 0.111. The van der Waals surface area contributed by atoms with Gasteiger partial charge in [0.25, 0.3) is 5.69 Å². The summed E-state index contributed by atoms with van der Waals surface area (Å²) >= 11 is 3.35. The molecule has 1 fully saturated rings. The lowest BCUT2D eigenvalue weighted by Gasteiger charge is -2.20. The fourth-order valence-electron chi connectivity index (χ4n) is 2.06. The molecule has 1 unspecified atom stereocenters. The Bertz CT molecular complexity index is 464. The summed E-state index contributed by atoms with van der Waals surface area (Å²) in [6, 6.07) is 3.32. The van der Waals surface area contributed by atoms with E-state index in [1.54, 1.807) is 13.0 Å². The van der Waals surface area contributed by atoms with E-state index in [1.165, 1.54) is 6.07 Å². The van der Waals surface area contributed by atoms with Crippen LogP contribution in [0.15, 0.2) is 16.6 Å². The fraction of sp³-hybridized carbons (Fsp3) is 0.455. The van der Waals surface area contributed by atoms with Crippen LogP contribution in [0.1, 0.15) is 12.0 Å². The molecule has 17 heavy (non-hydrogen) atoms. The van der Waals surface area contributed by atoms with Crippen molar-refractivity contribution in [1.82, 2.24) is 0 Å². The Morgan fingerprint density at radius 3 is 2.82 bits per heavy atom. The zero-order chi connectivity index (χ0) is 12.6. The number of nitro groups is 1. The van der Waals surface area contributed by atoms with Crippen molar-refractivity contribution in [2.24, 2.45) is 0 Å². The van der Waals surface area contributed by atoms with Crippen molar-refractivity contribution in [3.8, 4) is 0 Å². The van der Waals surface area contributed by atoms with Gasteiger partial charge in [0.05, 0.1) is 16.7 Å². The highest BCUT2D eigenvalue weighted by Gasteiger charge is 2.24. The highest BCUT2D eigenvalue weighted by atomic mass is 79.9. The van der Waals surface area contributed by atoms with E-state index in [1.807, 2.05) is 4.90 Å². The van der Waals surface area contributed by atoms with E-state index >= 15 is 0 Å². The number of hydrogen-bond acceptors (Lipinski definition) is 4. The van der Waals surface area contributed by atoms with Gasteiger partial charge in [0.15, 0.2) is 0 Å². The summed E-state index contributed by atoms with van der Waals surface area (Å²) in [6.07, 6.45) is 0.431. The number of aliphatic hydroxyl groups is 1. The molecular weight excluding hydrogens is 288 g/mol. The predicted octanol–water partition coefficient (Wildman–Crippen LogP) is 2.24. The van der Waals surface area contributed by atoms with Crippen molar-refractivity contribution >= 4 is 27.3 Å². The summed E-state index contributed by atoms with van der Waals surface area (Å²) in [5.74, 6) is 0. The molecular formula is C11H13BrN2O3. The second kappa shape index (κ2) is 4.62. The van der Waals surface area contributed by atoms with Gasteiger partial charge in [-0.1, -0.05) is 0 Å². The first-order chi connectivity index (χ1) is 7.99. The second-order valence-corrected chi connectivity index (χ2v) is 5.09. The first kappa shape index (κ1) is 12.3. The largest absolute Gasteiger partial charge is 0.391 e. The molecule has 0 aliphatic carbocycles. The van der Waals surface area contributed by atoms with E-state index in [2.05, 4.69) is 15.9 Å². The molecule has 0 bridgehead atoms. The van der Waals surface area contributed by atoms with Crippen molar-refractivity contribution in [2.45, 2.75) is 19.4 Å². The van der Waals surface area contributed by atoms with Crippen LogP contribution in [0.3, 0.4) is 0 Å². The number of β-amino-alcohol motifs (C(OH)–C–C–N with tert-alkyl or cyclic N) is 1. The number of benzene rings is 1. The number of hydrogen-bond donors (Lipinski definition) is 1. The van der Waals surface area contributed by atoms with Crippen molar-refractivity contribution < 1.29 is 10.0 Å². The second-order valence-electron chi connectivity index (χ2n) is 4.24. The molecule has 92 valence electrons. The maximum atomic E-state index is 10.8. The van der Waals surface area contributed by atoms with Crippen LogP contribution in [0.25, 0.3) is 0 Å². The number of rotatable bonds is 2. The van der Waals surface area contributed by atoms with Crippen molar-refractivity contribution in [3.63, 3.8) is 0 Å². The third kappa shape index (κ3) is 2.42. The monoisotopic (exact) mass is 300 g/mol.